The maximum Gasteiger partial charge on any atom is 0.183 e. The largest absolute Gasteiger partial charge is 0.497 e. The lowest BCUT2D eigenvalue weighted by Gasteiger charge is -2.21. The minimum absolute atomic E-state index is 0.0942. The van der Waals surface area contributed by atoms with Gasteiger partial charge < -0.3 is 9.47 Å². The van der Waals surface area contributed by atoms with Crippen LogP contribution in [0.3, 0.4) is 0 Å². The van der Waals surface area contributed by atoms with Crippen LogP contribution in [0.25, 0.3) is 0 Å². The van der Waals surface area contributed by atoms with E-state index in [4.69, 9.17) is 14.3 Å². The summed E-state index contributed by atoms with van der Waals surface area (Å²) in [6.07, 6.45) is 1.61. The van der Waals surface area contributed by atoms with Gasteiger partial charge in [-0.2, -0.15) is 0 Å². The molecule has 25 heavy (non-hydrogen) atoms. The third-order valence-electron chi connectivity index (χ3n) is 4.21. The first-order valence-electron chi connectivity index (χ1n) is 8.20. The van der Waals surface area contributed by atoms with Crippen molar-refractivity contribution in [2.24, 2.45) is 5.92 Å². The number of hydrogen-bond acceptors (Lipinski definition) is 4. The topological polar surface area (TPSA) is 34.0 Å². The molecule has 3 rings (SSSR count). The molecular weight excluding hydrogens is 382 g/mol. The normalized spacial score (nSPS) is 21.4. The highest BCUT2D eigenvalue weighted by molar-refractivity contribution is 9.10. The van der Waals surface area contributed by atoms with Gasteiger partial charge in [-0.25, -0.2) is 0 Å². The van der Waals surface area contributed by atoms with Crippen molar-refractivity contribution < 1.29 is 14.3 Å². The molecule has 0 amide bonds. The average Bonchev–Trinajstić information content (AvgIpc) is 3.43. The number of nitrogens with zero attached hydrogens (tertiary/aromatic N) is 1. The van der Waals surface area contributed by atoms with Crippen LogP contribution in [0.15, 0.2) is 65.7 Å². The van der Waals surface area contributed by atoms with Crippen molar-refractivity contribution in [3.8, 4) is 5.75 Å². The van der Waals surface area contributed by atoms with Gasteiger partial charge >= 0.3 is 0 Å². The summed E-state index contributed by atoms with van der Waals surface area (Å²) >= 11 is 3.45. The molecule has 0 radical (unpaired) electrons. The van der Waals surface area contributed by atoms with Crippen LogP contribution < -0.4 is 4.74 Å². The summed E-state index contributed by atoms with van der Waals surface area (Å²) in [4.78, 5) is 5.78. The highest BCUT2D eigenvalue weighted by Gasteiger charge is 2.45. The summed E-state index contributed by atoms with van der Waals surface area (Å²) in [7, 11) is 1.66. The van der Waals surface area contributed by atoms with Crippen LogP contribution in [-0.4, -0.2) is 18.4 Å². The number of hydroxylamine groups is 2. The quantitative estimate of drug-likeness (QED) is 0.455. The molecule has 4 nitrogen and oxygen atoms in total. The highest BCUT2D eigenvalue weighted by Crippen LogP contribution is 2.42. The molecule has 0 saturated carbocycles. The Morgan fingerprint density at radius 2 is 1.88 bits per heavy atom. The molecule has 0 spiro atoms. The maximum atomic E-state index is 6.13. The molecule has 4 atom stereocenters. The van der Waals surface area contributed by atoms with Crippen molar-refractivity contribution in [3.05, 3.63) is 76.8 Å². The lowest BCUT2D eigenvalue weighted by molar-refractivity contribution is -0.0939. The predicted octanol–water partition coefficient (Wildman–Crippen LogP) is 5.07. The van der Waals surface area contributed by atoms with Crippen LogP contribution in [0.2, 0.25) is 0 Å². The van der Waals surface area contributed by atoms with E-state index < -0.39 is 0 Å². The Balaban J connectivity index is 1.65. The number of ether oxygens (including phenoxy) is 2. The van der Waals surface area contributed by atoms with Crippen molar-refractivity contribution in [2.75, 3.05) is 7.11 Å². The lowest BCUT2D eigenvalue weighted by Crippen LogP contribution is -2.29. The average molecular weight is 404 g/mol. The van der Waals surface area contributed by atoms with Crippen LogP contribution >= 0.6 is 15.9 Å². The van der Waals surface area contributed by atoms with Crippen molar-refractivity contribution in [3.63, 3.8) is 0 Å². The molecule has 2 aromatic carbocycles. The van der Waals surface area contributed by atoms with E-state index in [1.807, 2.05) is 59.7 Å². The Hall–Kier alpha value is -1.66. The van der Waals surface area contributed by atoms with E-state index in [2.05, 4.69) is 29.4 Å². The summed E-state index contributed by atoms with van der Waals surface area (Å²) in [5.74, 6) is 0.970. The minimum Gasteiger partial charge on any atom is -0.497 e. The third kappa shape index (κ3) is 4.50. The van der Waals surface area contributed by atoms with Crippen molar-refractivity contribution in [1.29, 1.82) is 0 Å². The summed E-state index contributed by atoms with van der Waals surface area (Å²) in [5, 5.41) is 1.88. The van der Waals surface area contributed by atoms with Gasteiger partial charge in [0.25, 0.3) is 0 Å². The highest BCUT2D eigenvalue weighted by atomic mass is 79.9. The fourth-order valence-corrected chi connectivity index (χ4v) is 2.86. The first kappa shape index (κ1) is 18.1. The van der Waals surface area contributed by atoms with Gasteiger partial charge in [0.05, 0.1) is 13.7 Å². The van der Waals surface area contributed by atoms with Gasteiger partial charge in [0.15, 0.2) is 6.23 Å². The van der Waals surface area contributed by atoms with Crippen LogP contribution in [-0.2, 0) is 16.2 Å². The molecule has 0 N–H and O–H groups in total. The molecule has 1 heterocycles. The van der Waals surface area contributed by atoms with E-state index in [1.54, 1.807) is 7.11 Å². The summed E-state index contributed by atoms with van der Waals surface area (Å²) in [6, 6.07) is 16.0. The van der Waals surface area contributed by atoms with E-state index >= 15 is 0 Å². The summed E-state index contributed by atoms with van der Waals surface area (Å²) < 4.78 is 12.4. The SMILES string of the molecule is C=C[C@H](C)[C@H](OCc1ccc(Br)cc1)N1OC1c1ccc(OC)cc1. The molecule has 1 aliphatic heterocycles. The summed E-state index contributed by atoms with van der Waals surface area (Å²) in [5.41, 5.74) is 2.20. The van der Waals surface area contributed by atoms with Gasteiger partial charge in [0, 0.05) is 10.4 Å². The third-order valence-corrected chi connectivity index (χ3v) is 4.74. The van der Waals surface area contributed by atoms with Gasteiger partial charge in [0.1, 0.15) is 12.0 Å². The Bertz CT molecular complexity index is 702. The van der Waals surface area contributed by atoms with Gasteiger partial charge in [-0.05, 0) is 35.4 Å². The number of hydrogen-bond donors (Lipinski definition) is 0. The second-order valence-corrected chi connectivity index (χ2v) is 6.93. The molecule has 5 heteroatoms. The van der Waals surface area contributed by atoms with Crippen LogP contribution in [0.5, 0.6) is 5.75 Å². The summed E-state index contributed by atoms with van der Waals surface area (Å²) in [6.45, 7) is 6.49. The van der Waals surface area contributed by atoms with E-state index in [9.17, 15) is 0 Å². The fourth-order valence-electron chi connectivity index (χ4n) is 2.59. The van der Waals surface area contributed by atoms with Crippen LogP contribution in [0.1, 0.15) is 24.3 Å². The molecule has 0 aliphatic carbocycles. The van der Waals surface area contributed by atoms with Gasteiger partial charge in [-0.1, -0.05) is 53.2 Å². The molecular formula is C20H22BrNO3. The standard InChI is InChI=1S/C20H22BrNO3/c1-4-14(2)19(24-13-15-5-9-17(21)10-6-15)22-20(25-22)16-7-11-18(23-3)12-8-16/h4-12,14,19-20H,1,13H2,2-3H3/t14-,19-,20?,22?/m0/s1. The molecule has 132 valence electrons. The number of methoxy groups -OCH3 is 1. The van der Waals surface area contributed by atoms with E-state index in [1.165, 1.54) is 0 Å². The van der Waals surface area contributed by atoms with Gasteiger partial charge in [-0.3, -0.25) is 4.84 Å². The number of rotatable bonds is 8. The fraction of sp³-hybridized carbons (Fsp3) is 0.300. The van der Waals surface area contributed by atoms with Crippen LogP contribution in [0, 0.1) is 5.92 Å². The van der Waals surface area contributed by atoms with Gasteiger partial charge in [-0.15, -0.1) is 11.6 Å². The smallest absolute Gasteiger partial charge is 0.183 e. The zero-order valence-electron chi connectivity index (χ0n) is 14.4. The zero-order valence-corrected chi connectivity index (χ0v) is 16.0. The first-order valence-corrected chi connectivity index (χ1v) is 8.99. The molecule has 1 aliphatic rings. The monoisotopic (exact) mass is 403 g/mol. The molecule has 0 aromatic heterocycles. The van der Waals surface area contributed by atoms with E-state index in [-0.39, 0.29) is 18.4 Å². The predicted molar refractivity (Wildman–Crippen MR) is 101 cm³/mol. The van der Waals surface area contributed by atoms with E-state index in [0.717, 1.165) is 21.3 Å². The minimum atomic E-state index is -0.187. The molecule has 0 bridgehead atoms. The molecule has 1 fully saturated rings. The van der Waals surface area contributed by atoms with Crippen molar-refractivity contribution in [1.82, 2.24) is 5.06 Å². The van der Waals surface area contributed by atoms with Crippen molar-refractivity contribution in [2.45, 2.75) is 26.0 Å². The maximum absolute atomic E-state index is 6.13. The van der Waals surface area contributed by atoms with Crippen LogP contribution in [0.4, 0.5) is 0 Å². The Labute approximate surface area is 157 Å². The lowest BCUT2D eigenvalue weighted by atomic mass is 10.1. The Morgan fingerprint density at radius 1 is 1.20 bits per heavy atom. The second kappa shape index (κ2) is 8.15. The number of halogens is 1. The first-order chi connectivity index (χ1) is 12.1. The Kier molecular flexibility index (Phi) is 5.91. The number of benzene rings is 2. The zero-order chi connectivity index (χ0) is 17.8. The van der Waals surface area contributed by atoms with Crippen molar-refractivity contribution >= 4 is 15.9 Å². The van der Waals surface area contributed by atoms with Gasteiger partial charge in [0.2, 0.25) is 0 Å². The molecule has 2 unspecified atom stereocenters. The van der Waals surface area contributed by atoms with E-state index in [0.29, 0.717) is 6.61 Å². The molecule has 1 saturated heterocycles. The molecule has 2 aromatic rings. The Morgan fingerprint density at radius 3 is 2.48 bits per heavy atom. The second-order valence-electron chi connectivity index (χ2n) is 6.01.